The summed E-state index contributed by atoms with van der Waals surface area (Å²) in [4.78, 5) is 36.6. The number of aliphatic imine (C=N–C) groups is 1. The number of ether oxygens (including phenoxy) is 2. The van der Waals surface area contributed by atoms with Crippen LogP contribution >= 0.6 is 0 Å². The number of amides is 2. The molecule has 15 heteroatoms. The molecule has 3 aliphatic heterocycles. The Bertz CT molecular complexity index is 2620. The molecule has 374 valence electrons. The number of nitrogens with one attached hydrogen (secondary N) is 3. The molecule has 13 nitrogen and oxygen atoms in total. The highest BCUT2D eigenvalue weighted by Crippen LogP contribution is 2.56. The molecule has 3 fully saturated rings. The third-order valence-electron chi connectivity index (χ3n) is 16.0. The van der Waals surface area contributed by atoms with Crippen molar-refractivity contribution in [1.29, 1.82) is 10.7 Å². The van der Waals surface area contributed by atoms with Crippen molar-refractivity contribution < 1.29 is 29.3 Å². The zero-order valence-corrected chi connectivity index (χ0v) is 41.8. The smallest absolute Gasteiger partial charge is 0.264 e. The van der Waals surface area contributed by atoms with Crippen molar-refractivity contribution in [3.63, 3.8) is 0 Å². The van der Waals surface area contributed by atoms with Crippen LogP contribution in [0.3, 0.4) is 0 Å². The lowest BCUT2D eigenvalue weighted by atomic mass is 9.49. The fourth-order valence-electron chi connectivity index (χ4n) is 12.5. The van der Waals surface area contributed by atoms with Crippen LogP contribution < -0.4 is 35.6 Å². The molecule has 3 heterocycles. The average Bonchev–Trinajstić information content (AvgIpc) is 3.36. The number of anilines is 2. The molecule has 8 rings (SSSR count). The van der Waals surface area contributed by atoms with Crippen molar-refractivity contribution >= 4 is 40.8 Å². The van der Waals surface area contributed by atoms with Gasteiger partial charge in [-0.3, -0.25) is 20.0 Å². The first kappa shape index (κ1) is 50.0. The monoisotopic (exact) mass is 960 g/mol. The number of alkyl halides is 2. The number of carbonyl (C=O) groups is 2. The molecule has 70 heavy (non-hydrogen) atoms. The van der Waals surface area contributed by atoms with Crippen LogP contribution in [-0.2, 0) is 11.2 Å². The van der Waals surface area contributed by atoms with Gasteiger partial charge in [0.05, 0.1) is 19.2 Å². The number of nitrogens with zero attached hydrogens (tertiary/aromatic N) is 5. The number of amidine groups is 1. The summed E-state index contributed by atoms with van der Waals surface area (Å²) in [6, 6.07) is 18.7. The van der Waals surface area contributed by atoms with E-state index in [0.29, 0.717) is 65.4 Å². The van der Waals surface area contributed by atoms with Crippen molar-refractivity contribution in [1.82, 2.24) is 15.5 Å². The third kappa shape index (κ3) is 9.70. The van der Waals surface area contributed by atoms with Crippen LogP contribution in [0.5, 0.6) is 11.5 Å². The number of methoxy groups -OCH3 is 1. The molecule has 2 aliphatic carbocycles. The molecule has 1 spiro atoms. The van der Waals surface area contributed by atoms with Crippen LogP contribution in [0.2, 0.25) is 0 Å². The minimum Gasteiger partial charge on any atom is -0.495 e. The molecule has 2 saturated carbocycles. The highest BCUT2D eigenvalue weighted by Gasteiger charge is 2.64. The van der Waals surface area contributed by atoms with Crippen LogP contribution in [0, 0.1) is 33.0 Å². The Labute approximate surface area is 413 Å². The van der Waals surface area contributed by atoms with E-state index in [-0.39, 0.29) is 65.6 Å². The van der Waals surface area contributed by atoms with E-state index in [2.05, 4.69) is 66.4 Å². The van der Waals surface area contributed by atoms with Gasteiger partial charge in [0.15, 0.2) is 0 Å². The van der Waals surface area contributed by atoms with E-state index in [1.807, 2.05) is 17.0 Å². The number of halogens is 2. The molecule has 5 N–H and O–H groups in total. The number of piperidine rings is 1. The minimum atomic E-state index is -2.76. The quantitative estimate of drug-likeness (QED) is 0.102. The zero-order valence-electron chi connectivity index (χ0n) is 41.8. The number of nitrogens with two attached hydrogens (primary N) is 1. The lowest BCUT2D eigenvalue weighted by Crippen LogP contribution is -2.74. The van der Waals surface area contributed by atoms with Gasteiger partial charge in [-0.25, -0.2) is 8.78 Å². The Morgan fingerprint density at radius 2 is 1.73 bits per heavy atom. The van der Waals surface area contributed by atoms with Crippen LogP contribution in [0.15, 0.2) is 77.1 Å². The molecule has 0 radical (unpaired) electrons. The summed E-state index contributed by atoms with van der Waals surface area (Å²) in [5.74, 6) is 1.14. The fourth-order valence-corrected chi connectivity index (χ4v) is 12.5. The maximum absolute atomic E-state index is 14.7. The van der Waals surface area contributed by atoms with Crippen LogP contribution in [-0.4, -0.2) is 93.8 Å². The molecular weight excluding hydrogens is 889 g/mol. The van der Waals surface area contributed by atoms with Gasteiger partial charge in [-0.2, -0.15) is 5.26 Å². The van der Waals surface area contributed by atoms with Crippen molar-refractivity contribution in [3.05, 3.63) is 99.9 Å². The van der Waals surface area contributed by atoms with E-state index >= 15 is 0 Å². The predicted octanol–water partition coefficient (Wildman–Crippen LogP) is 9.42. The minimum absolute atomic E-state index is 0. The molecule has 0 aromatic heterocycles. The highest BCUT2D eigenvalue weighted by molar-refractivity contribution is 6.12. The number of hydrogen-bond donors (Lipinski definition) is 4. The summed E-state index contributed by atoms with van der Waals surface area (Å²) < 4.78 is 41.2. The third-order valence-corrected chi connectivity index (χ3v) is 16.0. The maximum atomic E-state index is 14.7. The standard InChI is InChI=1S/C55H69F2N9O4.H2/c1-34(67)64-25-19-45(44(32-64)49(60)66-24-8-10-36-26-42(38(30-59)31-61-6)43(48(56)57)28-46(36)66)62-39-17-21-55(22-18-39)20-9-23-65(33-55)40-14-11-35(12-15-40)50(68)63-51-53(2,3)52(54(51,4)5)70-41-16-13-37(29-58)47(27-41)69-7;/h11-16,26-28,30-31,39,48,51-52,60,62H,8-10,17-25,32-33,59H2,1-7H3,(H,63,68);1H/b38-30+,60-49?,61-31?;. The first-order valence-corrected chi connectivity index (χ1v) is 24.7. The predicted molar refractivity (Wildman–Crippen MR) is 274 cm³/mol. The Balaban J connectivity index is 0.00000741. The van der Waals surface area contributed by atoms with Gasteiger partial charge in [0.25, 0.3) is 12.3 Å². The Hall–Kier alpha value is -6.43. The summed E-state index contributed by atoms with van der Waals surface area (Å²) in [6.45, 7) is 13.2. The van der Waals surface area contributed by atoms with Gasteiger partial charge in [-0.15, -0.1) is 0 Å². The van der Waals surface area contributed by atoms with Gasteiger partial charge >= 0.3 is 0 Å². The van der Waals surface area contributed by atoms with Crippen molar-refractivity contribution in [2.45, 2.75) is 117 Å². The summed E-state index contributed by atoms with van der Waals surface area (Å²) in [6.07, 6.45) is 8.14. The lowest BCUT2D eigenvalue weighted by molar-refractivity contribution is -0.164. The molecular formula is C55H71F2N9O4. The van der Waals surface area contributed by atoms with E-state index in [1.54, 1.807) is 43.1 Å². The fraction of sp³-hybridized carbons (Fsp3) is 0.509. The number of fused-ring (bicyclic) bond motifs is 1. The van der Waals surface area contributed by atoms with Crippen LogP contribution in [0.25, 0.3) is 5.57 Å². The topological polar surface area (TPSA) is 172 Å². The summed E-state index contributed by atoms with van der Waals surface area (Å²) in [5, 5.41) is 26.3. The molecule has 2 amide bonds. The number of hydrogen-bond acceptors (Lipinski definition) is 10. The van der Waals surface area contributed by atoms with E-state index in [9.17, 15) is 29.0 Å². The van der Waals surface area contributed by atoms with Gasteiger partial charge in [0.2, 0.25) is 5.91 Å². The Morgan fingerprint density at radius 1 is 1.00 bits per heavy atom. The molecule has 1 saturated heterocycles. The molecule has 5 aliphatic rings. The normalized spacial score (nSPS) is 22.1. The number of allylic oxidation sites excluding steroid dienone is 1. The van der Waals surface area contributed by atoms with Crippen molar-refractivity contribution in [2.24, 2.45) is 27.0 Å². The number of aryl methyl sites for hydroxylation is 1. The molecule has 3 aromatic carbocycles. The highest BCUT2D eigenvalue weighted by atomic mass is 19.3. The van der Waals surface area contributed by atoms with Gasteiger partial charge in [0.1, 0.15) is 29.5 Å². The van der Waals surface area contributed by atoms with E-state index in [4.69, 9.17) is 15.2 Å². The number of nitriles is 1. The largest absolute Gasteiger partial charge is 0.495 e. The first-order chi connectivity index (χ1) is 33.4. The van der Waals surface area contributed by atoms with Gasteiger partial charge in [-0.05, 0) is 116 Å². The Kier molecular flexibility index (Phi) is 14.4. The Morgan fingerprint density at radius 3 is 2.37 bits per heavy atom. The average molecular weight is 960 g/mol. The maximum Gasteiger partial charge on any atom is 0.264 e. The second-order valence-corrected chi connectivity index (χ2v) is 21.1. The van der Waals surface area contributed by atoms with Crippen molar-refractivity contribution in [3.8, 4) is 17.6 Å². The number of rotatable bonds is 12. The molecule has 0 unspecified atom stereocenters. The summed E-state index contributed by atoms with van der Waals surface area (Å²) in [7, 11) is 3.11. The summed E-state index contributed by atoms with van der Waals surface area (Å²) >= 11 is 0. The van der Waals surface area contributed by atoms with Crippen LogP contribution in [0.4, 0.5) is 20.2 Å². The van der Waals surface area contributed by atoms with Gasteiger partial charge in [0, 0.05) is 129 Å². The van der Waals surface area contributed by atoms with Gasteiger partial charge in [-0.1, -0.05) is 27.7 Å². The number of carbonyl (C=O) groups excluding carboxylic acids is 2. The molecule has 0 bridgehead atoms. The van der Waals surface area contributed by atoms with Crippen molar-refractivity contribution in [2.75, 3.05) is 56.7 Å². The second-order valence-electron chi connectivity index (χ2n) is 21.1. The summed E-state index contributed by atoms with van der Waals surface area (Å²) in [5.41, 5.74) is 11.2. The molecule has 0 atom stereocenters. The first-order valence-electron chi connectivity index (χ1n) is 24.7. The van der Waals surface area contributed by atoms with E-state index < -0.39 is 6.43 Å². The molecule has 3 aromatic rings. The van der Waals surface area contributed by atoms with E-state index in [0.717, 1.165) is 80.6 Å². The van der Waals surface area contributed by atoms with Crippen LogP contribution in [0.1, 0.15) is 126 Å². The number of benzene rings is 3. The lowest BCUT2D eigenvalue weighted by Gasteiger charge is -2.63. The second kappa shape index (κ2) is 20.1. The SMILES string of the molecule is CN=C/C(=C\N)c1cc2c(cc1C(F)F)N(C(=N)C1=C(NC3CCC4(CCCN(c5ccc(C(=O)NC6C(C)(C)C(Oc7ccc(C#N)c(OC)c7)C6(C)C)cc5)C4)CC3)CCN(C(C)=O)C1)CCC2.[HH]. The van der Waals surface area contributed by atoms with Gasteiger partial charge < -0.3 is 40.5 Å². The zero-order chi connectivity index (χ0) is 50.1. The van der Waals surface area contributed by atoms with E-state index in [1.165, 1.54) is 25.6 Å².